The molecule has 2 N–H and O–H groups in total. The van der Waals surface area contributed by atoms with Crippen molar-refractivity contribution >= 4 is 27.5 Å². The summed E-state index contributed by atoms with van der Waals surface area (Å²) in [5.74, 6) is 0.902. The molecule has 5 heteroatoms. The van der Waals surface area contributed by atoms with Gasteiger partial charge in [-0.05, 0) is 91.8 Å². The molecule has 3 aromatic carbocycles. The monoisotopic (exact) mass is 450 g/mol. The summed E-state index contributed by atoms with van der Waals surface area (Å²) in [4.78, 5) is 12.1. The fraction of sp³-hybridized carbons (Fsp3) is 0.241. The SMILES string of the molecule is CCOc1ccc(-c2cc3cc(-c4cc5cc(N6CCN(C)CC6)ccc5[nH]4)ccc3[nH]2)cc1. The number of likely N-dealkylation sites (N-methyl/N-ethyl adjacent to an activating group) is 1. The van der Waals surface area contributed by atoms with Crippen LogP contribution in [0.3, 0.4) is 0 Å². The zero-order valence-electron chi connectivity index (χ0n) is 19.8. The van der Waals surface area contributed by atoms with E-state index >= 15 is 0 Å². The molecular formula is C29H30N4O. The van der Waals surface area contributed by atoms with E-state index in [1.54, 1.807) is 0 Å². The van der Waals surface area contributed by atoms with Gasteiger partial charge in [-0.2, -0.15) is 0 Å². The summed E-state index contributed by atoms with van der Waals surface area (Å²) in [6.45, 7) is 7.08. The number of nitrogens with one attached hydrogen (secondary N) is 2. The third kappa shape index (κ3) is 3.93. The zero-order valence-corrected chi connectivity index (χ0v) is 19.8. The minimum atomic E-state index is 0.680. The van der Waals surface area contributed by atoms with Gasteiger partial charge in [0, 0.05) is 65.1 Å². The average Bonchev–Trinajstić information content (AvgIpc) is 3.48. The van der Waals surface area contributed by atoms with Gasteiger partial charge in [0.15, 0.2) is 0 Å². The fourth-order valence-electron chi connectivity index (χ4n) is 4.89. The van der Waals surface area contributed by atoms with Gasteiger partial charge in [0.1, 0.15) is 5.75 Å². The highest BCUT2D eigenvalue weighted by Crippen LogP contribution is 2.32. The number of H-pyrrole nitrogens is 2. The Labute approximate surface area is 200 Å². The molecule has 6 rings (SSSR count). The van der Waals surface area contributed by atoms with Crippen molar-refractivity contribution < 1.29 is 4.74 Å². The lowest BCUT2D eigenvalue weighted by Crippen LogP contribution is -2.44. The van der Waals surface area contributed by atoms with Crippen molar-refractivity contribution in [3.05, 3.63) is 72.8 Å². The quantitative estimate of drug-likeness (QED) is 0.338. The summed E-state index contributed by atoms with van der Waals surface area (Å²) in [5, 5.41) is 2.47. The van der Waals surface area contributed by atoms with E-state index in [9.17, 15) is 0 Å². The van der Waals surface area contributed by atoms with Crippen LogP contribution in [0.4, 0.5) is 5.69 Å². The van der Waals surface area contributed by atoms with Crippen LogP contribution in [0.5, 0.6) is 5.75 Å². The van der Waals surface area contributed by atoms with Gasteiger partial charge in [-0.15, -0.1) is 0 Å². The Morgan fingerprint density at radius 3 is 2.03 bits per heavy atom. The molecule has 1 saturated heterocycles. The highest BCUT2D eigenvalue weighted by molar-refractivity contribution is 5.93. The van der Waals surface area contributed by atoms with E-state index in [-0.39, 0.29) is 0 Å². The van der Waals surface area contributed by atoms with Crippen LogP contribution in [0.25, 0.3) is 44.3 Å². The number of rotatable bonds is 5. The molecule has 1 aliphatic rings. The van der Waals surface area contributed by atoms with E-state index < -0.39 is 0 Å². The first-order valence-electron chi connectivity index (χ1n) is 12.1. The molecule has 0 bridgehead atoms. The van der Waals surface area contributed by atoms with Crippen molar-refractivity contribution in [2.75, 3.05) is 44.7 Å². The Kier molecular flexibility index (Phi) is 5.27. The van der Waals surface area contributed by atoms with Crippen LogP contribution in [0.2, 0.25) is 0 Å². The number of hydrogen-bond donors (Lipinski definition) is 2. The maximum absolute atomic E-state index is 5.57. The molecule has 3 heterocycles. The lowest BCUT2D eigenvalue weighted by atomic mass is 10.1. The first-order chi connectivity index (χ1) is 16.7. The molecule has 1 aliphatic heterocycles. The van der Waals surface area contributed by atoms with Crippen molar-refractivity contribution in [3.8, 4) is 28.3 Å². The number of hydrogen-bond acceptors (Lipinski definition) is 3. The second kappa shape index (κ2) is 8.58. The summed E-state index contributed by atoms with van der Waals surface area (Å²) < 4.78 is 5.57. The summed E-state index contributed by atoms with van der Waals surface area (Å²) in [6, 6.07) is 26.1. The first-order valence-corrected chi connectivity index (χ1v) is 12.1. The third-order valence-corrected chi connectivity index (χ3v) is 6.88. The predicted octanol–water partition coefficient (Wildman–Crippen LogP) is 6.13. The Balaban J connectivity index is 1.28. The molecule has 0 atom stereocenters. The van der Waals surface area contributed by atoms with Crippen LogP contribution >= 0.6 is 0 Å². The van der Waals surface area contributed by atoms with Crippen LogP contribution in [-0.4, -0.2) is 54.7 Å². The lowest BCUT2D eigenvalue weighted by Gasteiger charge is -2.34. The second-order valence-corrected chi connectivity index (χ2v) is 9.19. The molecule has 5 aromatic rings. The van der Waals surface area contributed by atoms with Crippen LogP contribution in [0.1, 0.15) is 6.92 Å². The van der Waals surface area contributed by atoms with Crippen LogP contribution < -0.4 is 9.64 Å². The van der Waals surface area contributed by atoms with Gasteiger partial charge in [0.25, 0.3) is 0 Å². The number of aromatic amines is 2. The van der Waals surface area contributed by atoms with Crippen molar-refractivity contribution in [2.45, 2.75) is 6.92 Å². The Bertz CT molecular complexity index is 1440. The van der Waals surface area contributed by atoms with E-state index in [4.69, 9.17) is 4.74 Å². The van der Waals surface area contributed by atoms with Crippen LogP contribution in [0.15, 0.2) is 72.8 Å². The van der Waals surface area contributed by atoms with Crippen molar-refractivity contribution in [1.82, 2.24) is 14.9 Å². The number of nitrogens with zero attached hydrogens (tertiary/aromatic N) is 2. The third-order valence-electron chi connectivity index (χ3n) is 6.88. The molecule has 0 unspecified atom stereocenters. The highest BCUT2D eigenvalue weighted by atomic mass is 16.5. The van der Waals surface area contributed by atoms with Crippen molar-refractivity contribution in [2.24, 2.45) is 0 Å². The Hall–Kier alpha value is -3.70. The molecule has 1 fully saturated rings. The molecule has 0 saturated carbocycles. The average molecular weight is 451 g/mol. The maximum Gasteiger partial charge on any atom is 0.119 e. The molecule has 5 nitrogen and oxygen atoms in total. The molecule has 0 radical (unpaired) electrons. The number of aromatic nitrogens is 2. The number of benzene rings is 3. The fourth-order valence-corrected chi connectivity index (χ4v) is 4.89. The van der Waals surface area contributed by atoms with E-state index in [2.05, 4.69) is 87.5 Å². The summed E-state index contributed by atoms with van der Waals surface area (Å²) in [5.41, 5.74) is 8.25. The van der Waals surface area contributed by atoms with Gasteiger partial charge in [0.2, 0.25) is 0 Å². The lowest BCUT2D eigenvalue weighted by molar-refractivity contribution is 0.313. The molecule has 0 aliphatic carbocycles. The van der Waals surface area contributed by atoms with Gasteiger partial charge >= 0.3 is 0 Å². The molecule has 34 heavy (non-hydrogen) atoms. The van der Waals surface area contributed by atoms with Crippen molar-refractivity contribution in [1.29, 1.82) is 0 Å². The molecule has 2 aromatic heterocycles. The van der Waals surface area contributed by atoms with Gasteiger partial charge in [-0.3, -0.25) is 0 Å². The minimum absolute atomic E-state index is 0.680. The number of piperazine rings is 1. The van der Waals surface area contributed by atoms with Gasteiger partial charge in [-0.1, -0.05) is 6.07 Å². The van der Waals surface area contributed by atoms with E-state index in [1.165, 1.54) is 27.5 Å². The second-order valence-electron chi connectivity index (χ2n) is 9.19. The van der Waals surface area contributed by atoms with Crippen LogP contribution in [0, 0.1) is 0 Å². The predicted molar refractivity (Wildman–Crippen MR) is 142 cm³/mol. The van der Waals surface area contributed by atoms with E-state index in [1.807, 2.05) is 19.1 Å². The Morgan fingerprint density at radius 2 is 1.32 bits per heavy atom. The summed E-state index contributed by atoms with van der Waals surface area (Å²) >= 11 is 0. The maximum atomic E-state index is 5.57. The summed E-state index contributed by atoms with van der Waals surface area (Å²) in [6.07, 6.45) is 0. The minimum Gasteiger partial charge on any atom is -0.494 e. The van der Waals surface area contributed by atoms with E-state index in [0.717, 1.165) is 54.4 Å². The normalized spacial score (nSPS) is 14.8. The largest absolute Gasteiger partial charge is 0.494 e. The molecule has 172 valence electrons. The smallest absolute Gasteiger partial charge is 0.119 e. The molecule has 0 spiro atoms. The van der Waals surface area contributed by atoms with Crippen molar-refractivity contribution in [3.63, 3.8) is 0 Å². The van der Waals surface area contributed by atoms with Gasteiger partial charge in [0.05, 0.1) is 6.61 Å². The Morgan fingerprint density at radius 1 is 0.706 bits per heavy atom. The highest BCUT2D eigenvalue weighted by Gasteiger charge is 2.15. The summed E-state index contributed by atoms with van der Waals surface area (Å²) in [7, 11) is 2.20. The topological polar surface area (TPSA) is 47.3 Å². The van der Waals surface area contributed by atoms with E-state index in [0.29, 0.717) is 6.61 Å². The number of ether oxygens (including phenoxy) is 1. The number of anilines is 1. The zero-order chi connectivity index (χ0) is 23.1. The van der Waals surface area contributed by atoms with Crippen LogP contribution in [-0.2, 0) is 0 Å². The van der Waals surface area contributed by atoms with Gasteiger partial charge < -0.3 is 24.5 Å². The molecule has 0 amide bonds. The van der Waals surface area contributed by atoms with Gasteiger partial charge in [-0.25, -0.2) is 0 Å². The first kappa shape index (κ1) is 20.9. The number of fused-ring (bicyclic) bond motifs is 2. The molecular weight excluding hydrogens is 420 g/mol. The standard InChI is InChI=1S/C29H30N4O/c1-3-34-25-8-4-20(5-9-25)28-18-22-16-21(6-10-26(22)30-28)29-19-23-17-24(7-11-27(23)31-29)33-14-12-32(2)13-15-33/h4-11,16-19,30-31H,3,12-15H2,1-2H3.